The average molecular weight is 283 g/mol. The average Bonchev–Trinajstić information content (AvgIpc) is 2.34. The van der Waals surface area contributed by atoms with Crippen LogP contribution in [0.15, 0.2) is 6.07 Å². The Morgan fingerprint density at radius 2 is 2.05 bits per heavy atom. The Kier molecular flexibility index (Phi) is 6.36. The number of halogens is 1. The fourth-order valence-corrected chi connectivity index (χ4v) is 2.41. The van der Waals surface area contributed by atoms with E-state index in [1.54, 1.807) is 6.92 Å². The zero-order chi connectivity index (χ0) is 14.4. The summed E-state index contributed by atoms with van der Waals surface area (Å²) in [5.74, 6) is 1.18. The van der Waals surface area contributed by atoms with Crippen LogP contribution in [-0.4, -0.2) is 12.4 Å². The normalized spacial score (nSPS) is 10.6. The third-order valence-corrected chi connectivity index (χ3v) is 3.59. The highest BCUT2D eigenvalue weighted by atomic mass is 35.5. The van der Waals surface area contributed by atoms with E-state index in [9.17, 15) is 4.79 Å². The van der Waals surface area contributed by atoms with Gasteiger partial charge >= 0.3 is 0 Å². The van der Waals surface area contributed by atoms with Crippen molar-refractivity contribution >= 4 is 17.4 Å². The highest BCUT2D eigenvalue weighted by Gasteiger charge is 2.14. The first-order chi connectivity index (χ1) is 8.97. The quantitative estimate of drug-likeness (QED) is 0.727. The Bertz CT molecular complexity index is 453. The van der Waals surface area contributed by atoms with Gasteiger partial charge in [-0.3, -0.25) is 0 Å². The van der Waals surface area contributed by atoms with E-state index in [4.69, 9.17) is 16.3 Å². The second kappa shape index (κ2) is 7.54. The lowest BCUT2D eigenvalue weighted by Crippen LogP contribution is -2.04. The molecule has 0 spiro atoms. The molecule has 0 amide bonds. The van der Waals surface area contributed by atoms with E-state index in [1.807, 2.05) is 19.9 Å². The van der Waals surface area contributed by atoms with Crippen LogP contribution < -0.4 is 4.74 Å². The summed E-state index contributed by atoms with van der Waals surface area (Å²) in [4.78, 5) is 11.1. The van der Waals surface area contributed by atoms with Gasteiger partial charge in [-0.05, 0) is 62.8 Å². The van der Waals surface area contributed by atoms with E-state index in [-0.39, 0.29) is 5.78 Å². The van der Waals surface area contributed by atoms with Crippen LogP contribution in [0.4, 0.5) is 0 Å². The molecule has 0 bridgehead atoms. The van der Waals surface area contributed by atoms with Gasteiger partial charge in [0.2, 0.25) is 0 Å². The molecule has 1 rings (SSSR count). The smallest absolute Gasteiger partial charge is 0.129 e. The molecule has 0 aliphatic heterocycles. The summed E-state index contributed by atoms with van der Waals surface area (Å²) in [6.07, 6.45) is 3.27. The summed E-state index contributed by atoms with van der Waals surface area (Å²) in [6.45, 7) is 8.47. The minimum Gasteiger partial charge on any atom is -0.493 e. The first-order valence-electron chi connectivity index (χ1n) is 6.88. The molecule has 3 heteroatoms. The lowest BCUT2D eigenvalue weighted by molar-refractivity contribution is -0.117. The largest absolute Gasteiger partial charge is 0.493 e. The summed E-state index contributed by atoms with van der Waals surface area (Å²) in [5, 5.41) is 0.777. The van der Waals surface area contributed by atoms with Crippen LogP contribution in [0.2, 0.25) is 5.02 Å². The fraction of sp³-hybridized carbons (Fsp3) is 0.562. The molecule has 106 valence electrons. The zero-order valence-electron chi connectivity index (χ0n) is 12.3. The summed E-state index contributed by atoms with van der Waals surface area (Å²) in [6, 6.07) is 1.95. The molecular weight excluding hydrogens is 260 g/mol. The Balaban J connectivity index is 2.99. The highest BCUT2D eigenvalue weighted by molar-refractivity contribution is 6.31. The van der Waals surface area contributed by atoms with Crippen molar-refractivity contribution in [3.63, 3.8) is 0 Å². The molecule has 0 atom stereocenters. The molecule has 1 aromatic rings. The topological polar surface area (TPSA) is 26.3 Å². The fourth-order valence-electron chi connectivity index (χ4n) is 2.14. The van der Waals surface area contributed by atoms with Gasteiger partial charge in [0, 0.05) is 11.4 Å². The third kappa shape index (κ3) is 4.54. The molecule has 0 aliphatic carbocycles. The maximum Gasteiger partial charge on any atom is 0.129 e. The molecule has 0 radical (unpaired) electrons. The van der Waals surface area contributed by atoms with Gasteiger partial charge in [-0.15, -0.1) is 0 Å². The Hall–Kier alpha value is -1.02. The van der Waals surface area contributed by atoms with Crippen molar-refractivity contribution < 1.29 is 9.53 Å². The summed E-state index contributed by atoms with van der Waals surface area (Å²) < 4.78 is 5.87. The summed E-state index contributed by atoms with van der Waals surface area (Å²) in [7, 11) is 0. The molecule has 0 saturated heterocycles. The number of carbonyl (C=O) groups excluding carboxylic acids is 1. The molecule has 0 unspecified atom stereocenters. The van der Waals surface area contributed by atoms with Gasteiger partial charge in [0.15, 0.2) is 0 Å². The van der Waals surface area contributed by atoms with E-state index >= 15 is 0 Å². The van der Waals surface area contributed by atoms with Crippen molar-refractivity contribution in [3.05, 3.63) is 27.8 Å². The molecule has 1 aromatic carbocycles. The number of ether oxygens (including phenoxy) is 1. The number of benzene rings is 1. The van der Waals surface area contributed by atoms with Crippen LogP contribution in [-0.2, 0) is 11.2 Å². The predicted molar refractivity (Wildman–Crippen MR) is 80.3 cm³/mol. The van der Waals surface area contributed by atoms with Gasteiger partial charge in [0.05, 0.1) is 6.61 Å². The monoisotopic (exact) mass is 282 g/mol. The summed E-state index contributed by atoms with van der Waals surface area (Å²) in [5.41, 5.74) is 3.29. The molecule has 0 aromatic heterocycles. The van der Waals surface area contributed by atoms with E-state index < -0.39 is 0 Å². The van der Waals surface area contributed by atoms with Crippen LogP contribution in [0.25, 0.3) is 0 Å². The third-order valence-electron chi connectivity index (χ3n) is 3.19. The maximum absolute atomic E-state index is 11.1. The first-order valence-corrected chi connectivity index (χ1v) is 7.26. The standard InChI is InChI=1S/C16H23ClO2/c1-5-9-19-16-11(2)10-15(17)13(4)14(16)8-6-7-12(3)18/h10H,5-9H2,1-4H3. The van der Waals surface area contributed by atoms with E-state index in [1.165, 1.54) is 0 Å². The molecule has 0 N–H and O–H groups in total. The maximum atomic E-state index is 11.1. The lowest BCUT2D eigenvalue weighted by Gasteiger charge is -2.17. The van der Waals surface area contributed by atoms with Gasteiger partial charge in [-0.1, -0.05) is 18.5 Å². The minimum absolute atomic E-state index is 0.229. The molecule has 0 aliphatic rings. The molecule has 0 fully saturated rings. The van der Waals surface area contributed by atoms with Gasteiger partial charge in [-0.2, -0.15) is 0 Å². The highest BCUT2D eigenvalue weighted by Crippen LogP contribution is 2.33. The van der Waals surface area contributed by atoms with Crippen LogP contribution >= 0.6 is 11.6 Å². The molecule has 0 saturated carbocycles. The van der Waals surface area contributed by atoms with Gasteiger partial charge < -0.3 is 9.53 Å². The van der Waals surface area contributed by atoms with Crippen molar-refractivity contribution in [3.8, 4) is 5.75 Å². The number of rotatable bonds is 7. The number of ketones is 1. The van der Waals surface area contributed by atoms with Crippen molar-refractivity contribution in [2.75, 3.05) is 6.61 Å². The van der Waals surface area contributed by atoms with Crippen molar-refractivity contribution in [1.82, 2.24) is 0 Å². The molecular formula is C16H23ClO2. The van der Waals surface area contributed by atoms with E-state index in [2.05, 4.69) is 6.92 Å². The van der Waals surface area contributed by atoms with Crippen LogP contribution in [0, 0.1) is 13.8 Å². The number of carbonyl (C=O) groups is 1. The number of aryl methyl sites for hydroxylation is 1. The number of hydrogen-bond acceptors (Lipinski definition) is 2. The first kappa shape index (κ1) is 16.0. The predicted octanol–water partition coefficient (Wildman–Crippen LogP) is 4.66. The van der Waals surface area contributed by atoms with Crippen LogP contribution in [0.5, 0.6) is 5.75 Å². The second-order valence-electron chi connectivity index (χ2n) is 5.01. The van der Waals surface area contributed by atoms with Crippen molar-refractivity contribution in [2.24, 2.45) is 0 Å². The molecule has 2 nitrogen and oxygen atoms in total. The van der Waals surface area contributed by atoms with Gasteiger partial charge in [0.1, 0.15) is 11.5 Å². The lowest BCUT2D eigenvalue weighted by atomic mass is 9.98. The minimum atomic E-state index is 0.229. The Morgan fingerprint density at radius 1 is 1.37 bits per heavy atom. The number of Topliss-reactive ketones (excluding diaryl/α,β-unsaturated/α-hetero) is 1. The van der Waals surface area contributed by atoms with Crippen LogP contribution in [0.3, 0.4) is 0 Å². The summed E-state index contributed by atoms with van der Waals surface area (Å²) >= 11 is 6.24. The Labute approximate surface area is 121 Å². The second-order valence-corrected chi connectivity index (χ2v) is 5.42. The SMILES string of the molecule is CCCOc1c(C)cc(Cl)c(C)c1CCCC(C)=O. The van der Waals surface area contributed by atoms with Crippen molar-refractivity contribution in [1.29, 1.82) is 0 Å². The Morgan fingerprint density at radius 3 is 2.63 bits per heavy atom. The molecule has 0 heterocycles. The van der Waals surface area contributed by atoms with Gasteiger partial charge in [-0.25, -0.2) is 0 Å². The number of hydrogen-bond donors (Lipinski definition) is 0. The molecule has 19 heavy (non-hydrogen) atoms. The van der Waals surface area contributed by atoms with Gasteiger partial charge in [0.25, 0.3) is 0 Å². The van der Waals surface area contributed by atoms with E-state index in [0.29, 0.717) is 13.0 Å². The zero-order valence-corrected chi connectivity index (χ0v) is 13.1. The van der Waals surface area contributed by atoms with Crippen LogP contribution in [0.1, 0.15) is 49.8 Å². The van der Waals surface area contributed by atoms with E-state index in [0.717, 1.165) is 46.7 Å². The van der Waals surface area contributed by atoms with Crippen molar-refractivity contribution in [2.45, 2.75) is 53.4 Å².